The first kappa shape index (κ1) is 22.2. The van der Waals surface area contributed by atoms with Crippen LogP contribution in [0.4, 0.5) is 0 Å². The largest absolute Gasteiger partial charge is 0.480 e. The third-order valence-electron chi connectivity index (χ3n) is 4.71. The van der Waals surface area contributed by atoms with E-state index < -0.39 is 30.1 Å². The Bertz CT molecular complexity index is 670. The van der Waals surface area contributed by atoms with Crippen molar-refractivity contribution in [3.05, 3.63) is 35.9 Å². The van der Waals surface area contributed by atoms with Gasteiger partial charge in [0.25, 0.3) is 0 Å². The van der Waals surface area contributed by atoms with Crippen molar-refractivity contribution in [2.45, 2.75) is 44.8 Å². The molecule has 1 saturated heterocycles. The molecule has 2 N–H and O–H groups in total. The van der Waals surface area contributed by atoms with Crippen molar-refractivity contribution in [2.75, 3.05) is 24.7 Å². The minimum Gasteiger partial charge on any atom is -0.480 e. The summed E-state index contributed by atoms with van der Waals surface area (Å²) in [5, 5.41) is 12.4. The van der Waals surface area contributed by atoms with Gasteiger partial charge < -0.3 is 14.7 Å². The number of carboxylic acids is 1. The fourth-order valence-corrected chi connectivity index (χ4v) is 4.06. The summed E-state index contributed by atoms with van der Waals surface area (Å²) in [4.78, 5) is 38.1. The molecule has 1 aliphatic rings. The van der Waals surface area contributed by atoms with E-state index in [1.807, 2.05) is 30.3 Å². The van der Waals surface area contributed by atoms with Gasteiger partial charge >= 0.3 is 11.9 Å². The number of benzene rings is 1. The summed E-state index contributed by atoms with van der Waals surface area (Å²) in [5.41, 5.74) is 1.10. The second-order valence-corrected chi connectivity index (χ2v) is 7.82. The number of aryl methyl sites for hydroxylation is 1. The van der Waals surface area contributed by atoms with Crippen molar-refractivity contribution in [3.8, 4) is 0 Å². The summed E-state index contributed by atoms with van der Waals surface area (Å²) in [5.74, 6) is -0.560. The summed E-state index contributed by atoms with van der Waals surface area (Å²) in [7, 11) is 0. The molecule has 28 heavy (non-hydrogen) atoms. The predicted octanol–water partition coefficient (Wildman–Crippen LogP) is 1.56. The monoisotopic (exact) mass is 408 g/mol. The van der Waals surface area contributed by atoms with Crippen molar-refractivity contribution in [3.63, 3.8) is 0 Å². The molecule has 1 amide bonds. The first-order valence-corrected chi connectivity index (χ1v) is 10.7. The topological polar surface area (TPSA) is 95.9 Å². The van der Waals surface area contributed by atoms with Crippen LogP contribution in [0.15, 0.2) is 30.3 Å². The van der Waals surface area contributed by atoms with Crippen molar-refractivity contribution in [2.24, 2.45) is 0 Å². The second kappa shape index (κ2) is 11.1. The lowest BCUT2D eigenvalue weighted by atomic mass is 10.0. The van der Waals surface area contributed by atoms with Crippen molar-refractivity contribution < 1.29 is 24.2 Å². The van der Waals surface area contributed by atoms with Gasteiger partial charge in [0.15, 0.2) is 0 Å². The number of nitrogens with one attached hydrogen (secondary N) is 1. The van der Waals surface area contributed by atoms with Crippen LogP contribution in [0.2, 0.25) is 0 Å². The van der Waals surface area contributed by atoms with Gasteiger partial charge in [-0.2, -0.15) is 11.8 Å². The van der Waals surface area contributed by atoms with E-state index in [1.54, 1.807) is 18.7 Å². The Kier molecular flexibility index (Phi) is 8.79. The van der Waals surface area contributed by atoms with Crippen LogP contribution in [-0.2, 0) is 25.5 Å². The molecular weight excluding hydrogens is 380 g/mol. The number of thioether (sulfide) groups is 1. The molecule has 1 aromatic carbocycles. The van der Waals surface area contributed by atoms with Gasteiger partial charge in [0.1, 0.15) is 12.1 Å². The molecule has 8 heteroatoms. The lowest BCUT2D eigenvalue weighted by Crippen LogP contribution is -2.55. The number of carboxylic acid groups (broad SMARTS) is 1. The average Bonchev–Trinajstić information content (AvgIpc) is 2.87. The lowest BCUT2D eigenvalue weighted by molar-refractivity contribution is -0.151. The summed E-state index contributed by atoms with van der Waals surface area (Å²) in [6.07, 6.45) is 1.16. The Balaban J connectivity index is 2.10. The van der Waals surface area contributed by atoms with E-state index in [2.05, 4.69) is 5.32 Å². The van der Waals surface area contributed by atoms with E-state index in [0.717, 1.165) is 5.56 Å². The van der Waals surface area contributed by atoms with E-state index in [4.69, 9.17) is 4.74 Å². The zero-order valence-electron chi connectivity index (χ0n) is 16.3. The number of carbonyl (C=O) groups excluding carboxylic acids is 2. The number of nitrogens with zero attached hydrogens (tertiary/aromatic N) is 1. The molecular formula is C20H28N2O5S. The van der Waals surface area contributed by atoms with Gasteiger partial charge in [-0.1, -0.05) is 30.3 Å². The van der Waals surface area contributed by atoms with Crippen LogP contribution in [0.25, 0.3) is 0 Å². The van der Waals surface area contributed by atoms with Crippen molar-refractivity contribution >= 4 is 29.6 Å². The van der Waals surface area contributed by atoms with Gasteiger partial charge in [0.05, 0.1) is 12.6 Å². The van der Waals surface area contributed by atoms with Gasteiger partial charge in [-0.15, -0.1) is 0 Å². The minimum absolute atomic E-state index is 0.262. The average molecular weight is 409 g/mol. The number of rotatable bonds is 9. The van der Waals surface area contributed by atoms with Crippen LogP contribution in [0.1, 0.15) is 25.8 Å². The van der Waals surface area contributed by atoms with E-state index in [1.165, 1.54) is 11.8 Å². The summed E-state index contributed by atoms with van der Waals surface area (Å²) >= 11 is 1.57. The molecule has 1 fully saturated rings. The van der Waals surface area contributed by atoms with Gasteiger partial charge in [-0.25, -0.2) is 4.79 Å². The quantitative estimate of drug-likeness (QED) is 0.599. The van der Waals surface area contributed by atoms with Crippen molar-refractivity contribution in [1.29, 1.82) is 0 Å². The zero-order valence-corrected chi connectivity index (χ0v) is 17.1. The maximum absolute atomic E-state index is 12.9. The van der Waals surface area contributed by atoms with E-state index in [-0.39, 0.29) is 12.5 Å². The van der Waals surface area contributed by atoms with Crippen LogP contribution >= 0.6 is 11.8 Å². The lowest BCUT2D eigenvalue weighted by Gasteiger charge is -2.29. The molecule has 7 nitrogen and oxygen atoms in total. The van der Waals surface area contributed by atoms with Gasteiger partial charge in [0.2, 0.25) is 5.91 Å². The SMILES string of the molecule is CCOC(=O)C(CCc1ccccc1)NC1CSCCN(C(C)C(=O)O)C1=O. The first-order chi connectivity index (χ1) is 13.4. The molecule has 3 unspecified atom stereocenters. The number of ether oxygens (including phenoxy) is 1. The van der Waals surface area contributed by atoms with E-state index in [0.29, 0.717) is 30.9 Å². The Morgan fingerprint density at radius 3 is 2.71 bits per heavy atom. The molecule has 1 aromatic rings. The Hall–Kier alpha value is -2.06. The minimum atomic E-state index is -1.04. The highest BCUT2D eigenvalue weighted by molar-refractivity contribution is 7.99. The molecule has 2 rings (SSSR count). The first-order valence-electron chi connectivity index (χ1n) is 9.51. The molecule has 3 atom stereocenters. The molecule has 0 aromatic heterocycles. The molecule has 154 valence electrons. The third kappa shape index (κ3) is 6.24. The van der Waals surface area contributed by atoms with Gasteiger partial charge in [-0.3, -0.25) is 14.9 Å². The highest BCUT2D eigenvalue weighted by atomic mass is 32.2. The highest BCUT2D eigenvalue weighted by Gasteiger charge is 2.35. The predicted molar refractivity (Wildman–Crippen MR) is 108 cm³/mol. The van der Waals surface area contributed by atoms with Gasteiger partial charge in [-0.05, 0) is 32.3 Å². The number of hydrogen-bond acceptors (Lipinski definition) is 6. The molecule has 1 heterocycles. The normalized spacial score (nSPS) is 19.6. The fourth-order valence-electron chi connectivity index (χ4n) is 3.09. The summed E-state index contributed by atoms with van der Waals surface area (Å²) in [6.45, 7) is 3.89. The molecule has 1 aliphatic heterocycles. The molecule has 0 aliphatic carbocycles. The van der Waals surface area contributed by atoms with Gasteiger partial charge in [0, 0.05) is 18.1 Å². The Morgan fingerprint density at radius 1 is 1.36 bits per heavy atom. The van der Waals surface area contributed by atoms with Crippen molar-refractivity contribution in [1.82, 2.24) is 10.2 Å². The van der Waals surface area contributed by atoms with E-state index >= 15 is 0 Å². The second-order valence-electron chi connectivity index (χ2n) is 6.67. The zero-order chi connectivity index (χ0) is 20.5. The summed E-state index contributed by atoms with van der Waals surface area (Å²) < 4.78 is 5.19. The Labute approximate surface area is 169 Å². The number of hydrogen-bond donors (Lipinski definition) is 2. The van der Waals surface area contributed by atoms with Crippen LogP contribution < -0.4 is 5.32 Å². The van der Waals surface area contributed by atoms with Crippen LogP contribution in [0.3, 0.4) is 0 Å². The number of aliphatic carboxylic acids is 1. The fraction of sp³-hybridized carbons (Fsp3) is 0.550. The number of carbonyl (C=O) groups is 3. The smallest absolute Gasteiger partial charge is 0.326 e. The summed E-state index contributed by atoms with van der Waals surface area (Å²) in [6, 6.07) is 7.65. The maximum Gasteiger partial charge on any atom is 0.326 e. The molecule has 0 spiro atoms. The third-order valence-corrected chi connectivity index (χ3v) is 5.75. The van der Waals surface area contributed by atoms with Crippen LogP contribution in [0.5, 0.6) is 0 Å². The standard InChI is InChI=1S/C20H28N2O5S/c1-3-27-20(26)16(10-9-15-7-5-4-6-8-15)21-17-13-28-12-11-22(18(17)23)14(2)19(24)25/h4-8,14,16-17,21H,3,9-13H2,1-2H3,(H,24,25). The Morgan fingerprint density at radius 2 is 2.07 bits per heavy atom. The highest BCUT2D eigenvalue weighted by Crippen LogP contribution is 2.17. The molecule has 0 saturated carbocycles. The number of amides is 1. The number of esters is 1. The molecule has 0 bridgehead atoms. The van der Waals surface area contributed by atoms with Crippen LogP contribution in [-0.4, -0.2) is 70.6 Å². The van der Waals surface area contributed by atoms with E-state index in [9.17, 15) is 19.5 Å². The molecule has 0 radical (unpaired) electrons. The maximum atomic E-state index is 12.9. The van der Waals surface area contributed by atoms with Crippen LogP contribution in [0, 0.1) is 0 Å².